The van der Waals surface area contributed by atoms with Gasteiger partial charge < -0.3 is 10.3 Å². The Morgan fingerprint density at radius 2 is 1.89 bits per heavy atom. The highest BCUT2D eigenvalue weighted by atomic mass is 16.1. The number of hydrogen-bond donors (Lipinski definition) is 2. The summed E-state index contributed by atoms with van der Waals surface area (Å²) in [5, 5.41) is 3.18. The van der Waals surface area contributed by atoms with Crippen molar-refractivity contribution in [2.24, 2.45) is 16.8 Å². The van der Waals surface area contributed by atoms with Crippen molar-refractivity contribution in [3.8, 4) is 0 Å². The first-order valence-electron chi connectivity index (χ1n) is 16.2. The number of aromatic amines is 1. The molecule has 0 spiro atoms. The van der Waals surface area contributed by atoms with Crippen molar-refractivity contribution in [3.63, 3.8) is 0 Å². The van der Waals surface area contributed by atoms with E-state index in [4.69, 9.17) is 9.98 Å². The molecule has 4 heterocycles. The van der Waals surface area contributed by atoms with E-state index in [9.17, 15) is 4.79 Å². The minimum absolute atomic E-state index is 0.0458. The molecule has 0 aromatic carbocycles. The molecule has 1 fully saturated rings. The first kappa shape index (κ1) is 30.4. The lowest BCUT2D eigenvalue weighted by atomic mass is 9.88. The monoisotopic (exact) mass is 597 g/mol. The van der Waals surface area contributed by atoms with Gasteiger partial charge in [-0.2, -0.15) is 0 Å². The Hall–Kier alpha value is -4.58. The maximum atomic E-state index is 13.0. The number of pyridine rings is 2. The van der Waals surface area contributed by atoms with Crippen LogP contribution < -0.4 is 5.32 Å². The van der Waals surface area contributed by atoms with Crippen LogP contribution in [0.15, 0.2) is 96.1 Å². The van der Waals surface area contributed by atoms with E-state index in [0.717, 1.165) is 77.2 Å². The number of nitrogens with zero attached hydrogens (tertiary/aromatic N) is 3. The van der Waals surface area contributed by atoms with E-state index in [1.54, 1.807) is 0 Å². The average Bonchev–Trinajstić information content (AvgIpc) is 3.56. The van der Waals surface area contributed by atoms with E-state index in [0.29, 0.717) is 0 Å². The molecule has 2 N–H and O–H groups in total. The van der Waals surface area contributed by atoms with Crippen molar-refractivity contribution in [2.45, 2.75) is 72.3 Å². The Morgan fingerprint density at radius 3 is 2.64 bits per heavy atom. The largest absolute Gasteiger partial charge is 0.356 e. The molecule has 6 heteroatoms. The molecule has 1 amide bonds. The van der Waals surface area contributed by atoms with Crippen molar-refractivity contribution in [1.29, 1.82) is 0 Å². The normalized spacial score (nSPS) is 19.5. The Bertz CT molecular complexity index is 1760. The van der Waals surface area contributed by atoms with E-state index in [-0.39, 0.29) is 23.8 Å². The number of rotatable bonds is 8. The van der Waals surface area contributed by atoms with Crippen molar-refractivity contribution >= 4 is 22.8 Å². The molecule has 0 saturated heterocycles. The third-order valence-corrected chi connectivity index (χ3v) is 9.13. The SMILES string of the molecule is C=C[C@H](C)/C=C(\C=C(/C)NC(=O)C1CCCCC1)c1cnc2c(c1)C(c1cc3c([nH]1)CC(C)=CC=C3c1ccncc1)=N[C@H]2C. The summed E-state index contributed by atoms with van der Waals surface area (Å²) >= 11 is 0. The second-order valence-electron chi connectivity index (χ2n) is 12.8. The zero-order valence-corrected chi connectivity index (χ0v) is 26.9. The third-order valence-electron chi connectivity index (χ3n) is 9.13. The van der Waals surface area contributed by atoms with Crippen molar-refractivity contribution in [2.75, 3.05) is 0 Å². The molecule has 3 aromatic heterocycles. The number of carbonyl (C=O) groups is 1. The molecule has 230 valence electrons. The van der Waals surface area contributed by atoms with E-state index in [2.05, 4.69) is 91.2 Å². The van der Waals surface area contributed by atoms with Crippen molar-refractivity contribution < 1.29 is 4.79 Å². The molecule has 1 saturated carbocycles. The van der Waals surface area contributed by atoms with Gasteiger partial charge in [0.1, 0.15) is 0 Å². The summed E-state index contributed by atoms with van der Waals surface area (Å²) in [4.78, 5) is 31.0. The summed E-state index contributed by atoms with van der Waals surface area (Å²) in [7, 11) is 0. The zero-order chi connectivity index (χ0) is 31.5. The van der Waals surface area contributed by atoms with Gasteiger partial charge in [0.2, 0.25) is 5.91 Å². The Kier molecular flexibility index (Phi) is 8.92. The molecule has 6 rings (SSSR count). The van der Waals surface area contributed by atoms with Gasteiger partial charge in [0.25, 0.3) is 0 Å². The van der Waals surface area contributed by atoms with Gasteiger partial charge in [-0.05, 0) is 86.6 Å². The third kappa shape index (κ3) is 6.60. The van der Waals surface area contributed by atoms with E-state index >= 15 is 0 Å². The summed E-state index contributed by atoms with van der Waals surface area (Å²) < 4.78 is 0. The summed E-state index contributed by atoms with van der Waals surface area (Å²) in [5.41, 5.74) is 12.7. The second kappa shape index (κ2) is 13.2. The number of amides is 1. The Labute approximate surface area is 266 Å². The van der Waals surface area contributed by atoms with Crippen molar-refractivity contribution in [3.05, 3.63) is 130 Å². The number of aliphatic imine (C=N–C) groups is 1. The van der Waals surface area contributed by atoms with Gasteiger partial charge in [-0.25, -0.2) is 0 Å². The molecule has 2 aliphatic carbocycles. The first-order chi connectivity index (χ1) is 21.8. The van der Waals surface area contributed by atoms with E-state index in [1.807, 2.05) is 31.6 Å². The van der Waals surface area contributed by atoms with Crippen LogP contribution in [0.5, 0.6) is 0 Å². The Morgan fingerprint density at radius 1 is 1.11 bits per heavy atom. The van der Waals surface area contributed by atoms with Crippen LogP contribution in [-0.2, 0) is 11.2 Å². The summed E-state index contributed by atoms with van der Waals surface area (Å²) in [5.74, 6) is 0.381. The molecular formula is C39H43N5O. The predicted molar refractivity (Wildman–Crippen MR) is 184 cm³/mol. The van der Waals surface area contributed by atoms with Gasteiger partial charge in [0.05, 0.1) is 23.1 Å². The molecule has 0 bridgehead atoms. The highest BCUT2D eigenvalue weighted by Gasteiger charge is 2.28. The van der Waals surface area contributed by atoms with Crippen LogP contribution in [0.3, 0.4) is 0 Å². The van der Waals surface area contributed by atoms with Crippen LogP contribution in [0.1, 0.15) is 105 Å². The minimum atomic E-state index is -0.0458. The summed E-state index contributed by atoms with van der Waals surface area (Å²) in [6.45, 7) is 12.4. The van der Waals surface area contributed by atoms with Crippen LogP contribution in [-0.4, -0.2) is 26.6 Å². The molecule has 1 aliphatic heterocycles. The number of allylic oxidation sites excluding steroid dienone is 8. The fourth-order valence-corrected chi connectivity index (χ4v) is 6.65. The van der Waals surface area contributed by atoms with Crippen LogP contribution in [0.4, 0.5) is 0 Å². The Balaban J connectivity index is 1.35. The quantitative estimate of drug-likeness (QED) is 0.202. The predicted octanol–water partition coefficient (Wildman–Crippen LogP) is 8.46. The van der Waals surface area contributed by atoms with Crippen LogP contribution in [0.2, 0.25) is 0 Å². The smallest absolute Gasteiger partial charge is 0.227 e. The first-order valence-corrected chi connectivity index (χ1v) is 16.2. The van der Waals surface area contributed by atoms with E-state index in [1.165, 1.54) is 28.8 Å². The number of fused-ring (bicyclic) bond motifs is 2. The standard InChI is InChI=1S/C39H43N5O/c1-6-24(2)18-30(20-26(4)42-39(45)29-10-8-7-9-11-29)31-21-34-37(41-23-31)27(5)43-38(34)36-22-33-32(28-14-16-40-17-15-28)13-12-25(3)19-35(33)44-36/h6,12-18,20-24,27,29,44H,1,7-11,19H2,2-5H3,(H,42,45)/b26-20+,30-18+/t24-,27-/m0/s1. The van der Waals surface area contributed by atoms with Crippen LogP contribution >= 0.6 is 0 Å². The minimum Gasteiger partial charge on any atom is -0.356 e. The van der Waals surface area contributed by atoms with Gasteiger partial charge >= 0.3 is 0 Å². The fourth-order valence-electron chi connectivity index (χ4n) is 6.65. The second-order valence-corrected chi connectivity index (χ2v) is 12.8. The van der Waals surface area contributed by atoms with Gasteiger partial charge in [-0.3, -0.25) is 19.8 Å². The lowest BCUT2D eigenvalue weighted by Gasteiger charge is -2.21. The number of aromatic nitrogens is 3. The topological polar surface area (TPSA) is 83.0 Å². The van der Waals surface area contributed by atoms with Crippen LogP contribution in [0.25, 0.3) is 11.1 Å². The van der Waals surface area contributed by atoms with Gasteiger partial charge in [0.15, 0.2) is 0 Å². The number of carbonyl (C=O) groups excluding carboxylic acids is 1. The van der Waals surface area contributed by atoms with Gasteiger partial charge in [-0.1, -0.05) is 56.1 Å². The van der Waals surface area contributed by atoms with Crippen LogP contribution in [0, 0.1) is 11.8 Å². The molecule has 6 nitrogen and oxygen atoms in total. The lowest BCUT2D eigenvalue weighted by molar-refractivity contribution is -0.125. The molecule has 0 unspecified atom stereocenters. The maximum absolute atomic E-state index is 13.0. The highest BCUT2D eigenvalue weighted by Crippen LogP contribution is 2.36. The maximum Gasteiger partial charge on any atom is 0.227 e. The average molecular weight is 598 g/mol. The summed E-state index contributed by atoms with van der Waals surface area (Å²) in [6, 6.07) is 8.51. The number of nitrogens with one attached hydrogen (secondary N) is 2. The molecule has 2 atom stereocenters. The summed E-state index contributed by atoms with van der Waals surface area (Å²) in [6.07, 6.45) is 22.5. The molecular weight excluding hydrogens is 554 g/mol. The van der Waals surface area contributed by atoms with Crippen molar-refractivity contribution in [1.82, 2.24) is 20.3 Å². The number of H-pyrrole nitrogens is 1. The molecule has 0 radical (unpaired) electrons. The molecule has 45 heavy (non-hydrogen) atoms. The lowest BCUT2D eigenvalue weighted by Crippen LogP contribution is -2.30. The van der Waals surface area contributed by atoms with Gasteiger partial charge in [0, 0.05) is 59.0 Å². The fraction of sp³-hybridized carbons (Fsp3) is 0.333. The van der Waals surface area contributed by atoms with Gasteiger partial charge in [-0.15, -0.1) is 6.58 Å². The highest BCUT2D eigenvalue weighted by molar-refractivity contribution is 6.15. The van der Waals surface area contributed by atoms with E-state index < -0.39 is 0 Å². The molecule has 3 aromatic rings. The number of hydrogen-bond acceptors (Lipinski definition) is 4. The molecule has 3 aliphatic rings. The zero-order valence-electron chi connectivity index (χ0n) is 26.9.